The van der Waals surface area contributed by atoms with Crippen molar-refractivity contribution in [3.8, 4) is 0 Å². The van der Waals surface area contributed by atoms with E-state index in [1.54, 1.807) is 18.2 Å². The lowest BCUT2D eigenvalue weighted by Crippen LogP contribution is -2.23. The molecule has 6 N–H and O–H groups in total. The van der Waals surface area contributed by atoms with E-state index in [1.165, 1.54) is 6.07 Å². The van der Waals surface area contributed by atoms with Gasteiger partial charge in [0.2, 0.25) is 0 Å². The smallest absolute Gasteiger partial charge is 0.253 e. The van der Waals surface area contributed by atoms with Gasteiger partial charge in [0.15, 0.2) is 5.16 Å². The zero-order valence-electron chi connectivity index (χ0n) is 11.3. The highest BCUT2D eigenvalue weighted by molar-refractivity contribution is 7.99. The van der Waals surface area contributed by atoms with E-state index in [0.29, 0.717) is 27.8 Å². The molecule has 0 atom stereocenters. The first-order valence-corrected chi connectivity index (χ1v) is 7.03. The van der Waals surface area contributed by atoms with Gasteiger partial charge in [-0.3, -0.25) is 9.59 Å². The van der Waals surface area contributed by atoms with Crippen LogP contribution in [0.4, 0.5) is 11.5 Å². The van der Waals surface area contributed by atoms with E-state index >= 15 is 0 Å². The Morgan fingerprint density at radius 2 is 2.14 bits per heavy atom. The molecule has 1 heterocycles. The minimum atomic E-state index is -0.353. The molecule has 2 rings (SSSR count). The number of anilines is 2. The lowest BCUT2D eigenvalue weighted by Gasteiger charge is -2.09. The number of aromatic nitrogens is 2. The molecule has 0 radical (unpaired) electrons. The third kappa shape index (κ3) is 3.76. The van der Waals surface area contributed by atoms with Crippen LogP contribution in [0.15, 0.2) is 39.1 Å². The molecule has 8 heteroatoms. The van der Waals surface area contributed by atoms with Crippen LogP contribution in [0.2, 0.25) is 0 Å². The van der Waals surface area contributed by atoms with E-state index < -0.39 is 0 Å². The van der Waals surface area contributed by atoms with E-state index in [0.717, 1.165) is 11.8 Å². The molecule has 0 bridgehead atoms. The average Bonchev–Trinajstić information content (AvgIpc) is 2.37. The largest absolute Gasteiger partial charge is 0.399 e. The molecular formula is C13H15N5O2S. The molecule has 0 fully saturated rings. The minimum Gasteiger partial charge on any atom is -0.399 e. The van der Waals surface area contributed by atoms with Crippen LogP contribution in [0.1, 0.15) is 17.3 Å². The van der Waals surface area contributed by atoms with Crippen LogP contribution in [0.5, 0.6) is 0 Å². The number of hydrogen-bond donors (Lipinski definition) is 4. The number of aromatic amines is 1. The van der Waals surface area contributed by atoms with Crippen molar-refractivity contribution in [1.29, 1.82) is 0 Å². The zero-order chi connectivity index (χ0) is 15.4. The van der Waals surface area contributed by atoms with Crippen molar-refractivity contribution < 1.29 is 4.79 Å². The first-order chi connectivity index (χ1) is 9.99. The summed E-state index contributed by atoms with van der Waals surface area (Å²) < 4.78 is 0. The maximum absolute atomic E-state index is 12.0. The van der Waals surface area contributed by atoms with E-state index in [2.05, 4.69) is 15.3 Å². The summed E-state index contributed by atoms with van der Waals surface area (Å²) in [4.78, 5) is 30.6. The standard InChI is InChI=1S/C13H15N5O2S/c1-2-16-12(20)8-4-3-7(14)5-9(8)21-13-17-10(15)6-11(19)18-13/h3-6H,2,14H2,1H3,(H,16,20)(H3,15,17,18,19). The quantitative estimate of drug-likeness (QED) is 0.489. The van der Waals surface area contributed by atoms with Gasteiger partial charge in [-0.2, -0.15) is 0 Å². The third-order valence-corrected chi connectivity index (χ3v) is 3.48. The second kappa shape index (κ2) is 6.31. The lowest BCUT2D eigenvalue weighted by atomic mass is 10.2. The Hall–Kier alpha value is -2.48. The maximum Gasteiger partial charge on any atom is 0.253 e. The summed E-state index contributed by atoms with van der Waals surface area (Å²) in [6.45, 7) is 2.35. The Bertz CT molecular complexity index is 729. The van der Waals surface area contributed by atoms with Crippen molar-refractivity contribution in [1.82, 2.24) is 15.3 Å². The van der Waals surface area contributed by atoms with Gasteiger partial charge in [0, 0.05) is 23.2 Å². The van der Waals surface area contributed by atoms with Crippen LogP contribution < -0.4 is 22.3 Å². The third-order valence-electron chi connectivity index (χ3n) is 2.53. The van der Waals surface area contributed by atoms with Crippen molar-refractivity contribution in [3.05, 3.63) is 40.2 Å². The van der Waals surface area contributed by atoms with Crippen molar-refractivity contribution in [2.75, 3.05) is 18.0 Å². The number of nitrogens with two attached hydrogens (primary N) is 2. The van der Waals surface area contributed by atoms with E-state index in [9.17, 15) is 9.59 Å². The predicted octanol–water partition coefficient (Wildman–Crippen LogP) is 0.835. The molecule has 0 aliphatic heterocycles. The number of hydrogen-bond acceptors (Lipinski definition) is 6. The van der Waals surface area contributed by atoms with Gasteiger partial charge in [-0.25, -0.2) is 4.98 Å². The number of nitrogen functional groups attached to an aromatic ring is 2. The average molecular weight is 305 g/mol. The molecule has 0 spiro atoms. The first-order valence-electron chi connectivity index (χ1n) is 6.22. The highest BCUT2D eigenvalue weighted by atomic mass is 32.2. The molecule has 0 saturated carbocycles. The summed E-state index contributed by atoms with van der Waals surface area (Å²) in [5.41, 5.74) is 11.9. The monoisotopic (exact) mass is 305 g/mol. The molecule has 1 aromatic carbocycles. The Labute approximate surface area is 125 Å². The van der Waals surface area contributed by atoms with Gasteiger partial charge in [-0.1, -0.05) is 11.8 Å². The molecule has 0 unspecified atom stereocenters. The van der Waals surface area contributed by atoms with Gasteiger partial charge in [-0.15, -0.1) is 0 Å². The molecule has 0 aliphatic rings. The fraction of sp³-hybridized carbons (Fsp3) is 0.154. The molecule has 1 aromatic heterocycles. The number of nitrogens with one attached hydrogen (secondary N) is 2. The summed E-state index contributed by atoms with van der Waals surface area (Å²) in [5, 5.41) is 3.02. The van der Waals surface area contributed by atoms with E-state index in [1.807, 2.05) is 6.92 Å². The summed E-state index contributed by atoms with van der Waals surface area (Å²) in [5.74, 6) is -0.101. The van der Waals surface area contributed by atoms with Crippen molar-refractivity contribution in [2.24, 2.45) is 0 Å². The van der Waals surface area contributed by atoms with Gasteiger partial charge in [0.05, 0.1) is 5.56 Å². The SMILES string of the molecule is CCNC(=O)c1ccc(N)cc1Sc1nc(N)cc(=O)[nH]1. The number of amides is 1. The molecule has 7 nitrogen and oxygen atoms in total. The molecule has 21 heavy (non-hydrogen) atoms. The van der Waals surface area contributed by atoms with E-state index in [4.69, 9.17) is 11.5 Å². The molecule has 2 aromatic rings. The topological polar surface area (TPSA) is 127 Å². The Morgan fingerprint density at radius 1 is 1.38 bits per heavy atom. The highest BCUT2D eigenvalue weighted by Gasteiger charge is 2.13. The number of carbonyl (C=O) groups excluding carboxylic acids is 1. The fourth-order valence-corrected chi connectivity index (χ4v) is 2.65. The Balaban J connectivity index is 2.40. The predicted molar refractivity (Wildman–Crippen MR) is 82.3 cm³/mol. The van der Waals surface area contributed by atoms with Crippen molar-refractivity contribution in [2.45, 2.75) is 17.0 Å². The second-order valence-corrected chi connectivity index (χ2v) is 5.22. The molecule has 1 amide bonds. The van der Waals surface area contributed by atoms with Crippen LogP contribution in [-0.4, -0.2) is 22.4 Å². The first kappa shape index (κ1) is 14.9. The Morgan fingerprint density at radius 3 is 2.81 bits per heavy atom. The summed E-state index contributed by atoms with van der Waals surface area (Å²) in [7, 11) is 0. The van der Waals surface area contributed by atoms with Crippen molar-refractivity contribution in [3.63, 3.8) is 0 Å². The minimum absolute atomic E-state index is 0.115. The van der Waals surface area contributed by atoms with Crippen LogP contribution in [0.25, 0.3) is 0 Å². The molecule has 110 valence electrons. The number of H-pyrrole nitrogens is 1. The number of carbonyl (C=O) groups is 1. The van der Waals surface area contributed by atoms with Crippen molar-refractivity contribution >= 4 is 29.2 Å². The molecule has 0 aliphatic carbocycles. The fourth-order valence-electron chi connectivity index (χ4n) is 1.67. The summed E-state index contributed by atoms with van der Waals surface area (Å²) >= 11 is 1.12. The summed E-state index contributed by atoms with van der Waals surface area (Å²) in [6.07, 6.45) is 0. The second-order valence-electron chi connectivity index (χ2n) is 4.19. The highest BCUT2D eigenvalue weighted by Crippen LogP contribution is 2.29. The van der Waals surface area contributed by atoms with Crippen LogP contribution >= 0.6 is 11.8 Å². The Kier molecular flexibility index (Phi) is 4.49. The van der Waals surface area contributed by atoms with E-state index in [-0.39, 0.29) is 17.3 Å². The van der Waals surface area contributed by atoms with Gasteiger partial charge < -0.3 is 21.8 Å². The molecular weight excluding hydrogens is 290 g/mol. The summed E-state index contributed by atoms with van der Waals surface area (Å²) in [6, 6.07) is 6.11. The van der Waals surface area contributed by atoms with Crippen LogP contribution in [-0.2, 0) is 0 Å². The van der Waals surface area contributed by atoms with Gasteiger partial charge in [0.25, 0.3) is 11.5 Å². The molecule has 0 saturated heterocycles. The number of benzene rings is 1. The van der Waals surface area contributed by atoms with Gasteiger partial charge >= 0.3 is 0 Å². The van der Waals surface area contributed by atoms with Crippen LogP contribution in [0.3, 0.4) is 0 Å². The maximum atomic E-state index is 12.0. The van der Waals surface area contributed by atoms with Gasteiger partial charge in [0.1, 0.15) is 5.82 Å². The lowest BCUT2D eigenvalue weighted by molar-refractivity contribution is 0.0953. The number of nitrogens with zero attached hydrogens (tertiary/aromatic N) is 1. The number of rotatable bonds is 4. The van der Waals surface area contributed by atoms with Gasteiger partial charge in [-0.05, 0) is 25.1 Å². The zero-order valence-corrected chi connectivity index (χ0v) is 12.2. The normalized spacial score (nSPS) is 10.3. The van der Waals surface area contributed by atoms with Crippen LogP contribution in [0, 0.1) is 0 Å².